The fourth-order valence-corrected chi connectivity index (χ4v) is 3.57. The summed E-state index contributed by atoms with van der Waals surface area (Å²) in [6.07, 6.45) is 1.70. The summed E-state index contributed by atoms with van der Waals surface area (Å²) in [6.45, 7) is 0.130. The summed E-state index contributed by atoms with van der Waals surface area (Å²) in [5, 5.41) is 1.92. The van der Waals surface area contributed by atoms with Crippen molar-refractivity contribution in [1.29, 1.82) is 0 Å². The van der Waals surface area contributed by atoms with Crippen molar-refractivity contribution >= 4 is 29.2 Å². The van der Waals surface area contributed by atoms with Gasteiger partial charge in [-0.1, -0.05) is 6.07 Å². The smallest absolute Gasteiger partial charge is 0.343 e. The molecule has 1 aromatic heterocycles. The number of ether oxygens (including phenoxy) is 4. The molecule has 0 bridgehead atoms. The van der Waals surface area contributed by atoms with Gasteiger partial charge in [-0.05, 0) is 41.8 Å². The normalized spacial score (nSPS) is 15.4. The minimum atomic E-state index is -0.545. The van der Waals surface area contributed by atoms with E-state index >= 15 is 0 Å². The van der Waals surface area contributed by atoms with E-state index in [1.54, 1.807) is 36.4 Å². The number of allylic oxidation sites excluding steroid dienone is 1. The summed E-state index contributed by atoms with van der Waals surface area (Å²) in [7, 11) is 0. The molecule has 2 aliphatic heterocycles. The molecule has 6 nitrogen and oxygen atoms in total. The van der Waals surface area contributed by atoms with Crippen LogP contribution >= 0.6 is 11.3 Å². The number of carbonyl (C=O) groups is 2. The van der Waals surface area contributed by atoms with E-state index in [2.05, 4.69) is 0 Å². The Morgan fingerprint density at radius 2 is 1.93 bits per heavy atom. The van der Waals surface area contributed by atoms with Gasteiger partial charge in [-0.15, -0.1) is 11.3 Å². The first-order chi connectivity index (χ1) is 13.7. The molecule has 138 valence electrons. The Morgan fingerprint density at radius 3 is 2.79 bits per heavy atom. The Kier molecular flexibility index (Phi) is 3.87. The topological polar surface area (TPSA) is 71.1 Å². The number of rotatable bonds is 3. The first-order valence-electron chi connectivity index (χ1n) is 8.41. The van der Waals surface area contributed by atoms with Crippen molar-refractivity contribution in [2.24, 2.45) is 0 Å². The number of benzene rings is 2. The van der Waals surface area contributed by atoms with Gasteiger partial charge in [0.05, 0.1) is 11.1 Å². The van der Waals surface area contributed by atoms with Crippen LogP contribution in [0, 0.1) is 0 Å². The van der Waals surface area contributed by atoms with Crippen LogP contribution in [0.5, 0.6) is 23.0 Å². The molecular weight excluding hydrogens is 380 g/mol. The summed E-state index contributed by atoms with van der Waals surface area (Å²) < 4.78 is 21.6. The summed E-state index contributed by atoms with van der Waals surface area (Å²) >= 11 is 1.51. The molecular formula is C21H12O6S. The molecule has 0 aliphatic carbocycles. The third kappa shape index (κ3) is 2.91. The first-order valence-corrected chi connectivity index (χ1v) is 9.29. The molecule has 2 aliphatic rings. The van der Waals surface area contributed by atoms with Gasteiger partial charge >= 0.3 is 5.97 Å². The number of carbonyl (C=O) groups excluding carboxylic acids is 2. The number of hydrogen-bond acceptors (Lipinski definition) is 7. The Bertz CT molecular complexity index is 1130. The van der Waals surface area contributed by atoms with E-state index in [1.165, 1.54) is 17.4 Å². The third-order valence-corrected chi connectivity index (χ3v) is 5.10. The summed E-state index contributed by atoms with van der Waals surface area (Å²) in [6, 6.07) is 13.3. The molecule has 28 heavy (non-hydrogen) atoms. The standard InChI is InChI=1S/C21H12O6S/c22-20-15-5-4-13(9-17(15)27-19(20)10-14-2-1-7-28-14)26-21(23)12-3-6-16-18(8-12)25-11-24-16/h1-10H,11H2. The second-order valence-corrected chi connectivity index (χ2v) is 7.05. The minimum Gasteiger partial charge on any atom is -0.454 e. The van der Waals surface area contributed by atoms with Gasteiger partial charge in [0.25, 0.3) is 0 Å². The predicted molar refractivity (Wildman–Crippen MR) is 101 cm³/mol. The number of fused-ring (bicyclic) bond motifs is 2. The summed E-state index contributed by atoms with van der Waals surface area (Å²) in [5.41, 5.74) is 0.769. The van der Waals surface area contributed by atoms with E-state index in [0.717, 1.165) is 4.88 Å². The molecule has 5 rings (SSSR count). The molecule has 0 spiro atoms. The maximum absolute atomic E-state index is 12.5. The third-order valence-electron chi connectivity index (χ3n) is 4.28. The number of esters is 1. The molecule has 0 radical (unpaired) electrons. The lowest BCUT2D eigenvalue weighted by Gasteiger charge is -2.06. The van der Waals surface area contributed by atoms with Crippen LogP contribution in [0.3, 0.4) is 0 Å². The number of Topliss-reactive ketones (excluding diaryl/α,β-unsaturated/α-hetero) is 1. The average Bonchev–Trinajstić information content (AvgIpc) is 3.43. The zero-order valence-electron chi connectivity index (χ0n) is 14.3. The molecule has 0 saturated carbocycles. The summed E-state index contributed by atoms with van der Waals surface area (Å²) in [4.78, 5) is 25.8. The summed E-state index contributed by atoms with van der Waals surface area (Å²) in [5.74, 6) is 1.24. The zero-order chi connectivity index (χ0) is 19.1. The number of thiophene rings is 1. The Morgan fingerprint density at radius 1 is 1.04 bits per heavy atom. The van der Waals surface area contributed by atoms with Crippen molar-refractivity contribution in [3.05, 3.63) is 75.7 Å². The van der Waals surface area contributed by atoms with Gasteiger partial charge < -0.3 is 18.9 Å². The lowest BCUT2D eigenvalue weighted by Crippen LogP contribution is -2.08. The van der Waals surface area contributed by atoms with Gasteiger partial charge in [0.1, 0.15) is 11.5 Å². The number of hydrogen-bond donors (Lipinski definition) is 0. The number of ketones is 1. The van der Waals surface area contributed by atoms with Crippen molar-refractivity contribution in [2.45, 2.75) is 0 Å². The van der Waals surface area contributed by atoms with E-state index in [9.17, 15) is 9.59 Å². The second kappa shape index (κ2) is 6.54. The fourth-order valence-electron chi connectivity index (χ4n) is 2.92. The lowest BCUT2D eigenvalue weighted by atomic mass is 10.1. The lowest BCUT2D eigenvalue weighted by molar-refractivity contribution is 0.0734. The van der Waals surface area contributed by atoms with Crippen LogP contribution in [0.15, 0.2) is 59.7 Å². The van der Waals surface area contributed by atoms with Gasteiger partial charge in [0, 0.05) is 17.0 Å². The maximum atomic E-state index is 12.5. The second-order valence-electron chi connectivity index (χ2n) is 6.07. The first kappa shape index (κ1) is 16.6. The SMILES string of the molecule is O=C(Oc1ccc2c(c1)OC(=Cc1cccs1)C2=O)c1ccc2c(c1)OCO2. The maximum Gasteiger partial charge on any atom is 0.343 e. The van der Waals surface area contributed by atoms with Crippen LogP contribution in [0.1, 0.15) is 25.6 Å². The molecule has 2 aromatic carbocycles. The van der Waals surface area contributed by atoms with Crippen LogP contribution in [0.4, 0.5) is 0 Å². The van der Waals surface area contributed by atoms with Gasteiger partial charge in [0.15, 0.2) is 17.3 Å². The van der Waals surface area contributed by atoms with Gasteiger partial charge in [0.2, 0.25) is 12.6 Å². The quantitative estimate of drug-likeness (QED) is 0.376. The van der Waals surface area contributed by atoms with Crippen molar-refractivity contribution in [3.63, 3.8) is 0 Å². The molecule has 0 saturated heterocycles. The molecule has 3 aromatic rings. The van der Waals surface area contributed by atoms with E-state index in [-0.39, 0.29) is 24.1 Å². The van der Waals surface area contributed by atoms with Crippen LogP contribution in [-0.2, 0) is 0 Å². The van der Waals surface area contributed by atoms with Gasteiger partial charge in [-0.2, -0.15) is 0 Å². The highest BCUT2D eigenvalue weighted by atomic mass is 32.1. The van der Waals surface area contributed by atoms with Crippen molar-refractivity contribution in [1.82, 2.24) is 0 Å². The molecule has 0 unspecified atom stereocenters. The average molecular weight is 392 g/mol. The van der Waals surface area contributed by atoms with Crippen molar-refractivity contribution < 1.29 is 28.5 Å². The highest BCUT2D eigenvalue weighted by Crippen LogP contribution is 2.36. The highest BCUT2D eigenvalue weighted by molar-refractivity contribution is 7.10. The fraction of sp³-hybridized carbons (Fsp3) is 0.0476. The minimum absolute atomic E-state index is 0.130. The van der Waals surface area contributed by atoms with E-state index in [0.29, 0.717) is 28.4 Å². The van der Waals surface area contributed by atoms with Crippen LogP contribution in [0.2, 0.25) is 0 Å². The largest absolute Gasteiger partial charge is 0.454 e. The van der Waals surface area contributed by atoms with Gasteiger partial charge in [-0.25, -0.2) is 4.79 Å². The van der Waals surface area contributed by atoms with Crippen LogP contribution in [0.25, 0.3) is 6.08 Å². The Labute approximate surface area is 163 Å². The Hall–Kier alpha value is -3.58. The molecule has 3 heterocycles. The van der Waals surface area contributed by atoms with Crippen molar-refractivity contribution in [3.8, 4) is 23.0 Å². The predicted octanol–water partition coefficient (Wildman–Crippen LogP) is 4.31. The Balaban J connectivity index is 1.36. The molecule has 0 N–H and O–H groups in total. The molecule has 7 heteroatoms. The van der Waals surface area contributed by atoms with Crippen molar-refractivity contribution in [2.75, 3.05) is 6.79 Å². The van der Waals surface area contributed by atoms with E-state index in [4.69, 9.17) is 18.9 Å². The molecule has 0 fully saturated rings. The van der Waals surface area contributed by atoms with Gasteiger partial charge in [-0.3, -0.25) is 4.79 Å². The zero-order valence-corrected chi connectivity index (χ0v) is 15.2. The van der Waals surface area contributed by atoms with Crippen LogP contribution < -0.4 is 18.9 Å². The van der Waals surface area contributed by atoms with Crippen LogP contribution in [-0.4, -0.2) is 18.5 Å². The monoisotopic (exact) mass is 392 g/mol. The van der Waals surface area contributed by atoms with E-state index < -0.39 is 5.97 Å². The van der Waals surface area contributed by atoms with E-state index in [1.807, 2.05) is 17.5 Å². The highest BCUT2D eigenvalue weighted by Gasteiger charge is 2.28. The molecule has 0 amide bonds. The molecule has 0 atom stereocenters.